The number of carbonyl (C=O) groups is 2. The summed E-state index contributed by atoms with van der Waals surface area (Å²) in [4.78, 5) is 23.9. The molecule has 0 fully saturated rings. The Morgan fingerprint density at radius 2 is 1.75 bits per heavy atom. The van der Waals surface area contributed by atoms with Gasteiger partial charge in [-0.25, -0.2) is 0 Å². The molecular formula is C14H18N2O4. The van der Waals surface area contributed by atoms with Gasteiger partial charge in [0, 0.05) is 19.0 Å². The average molecular weight is 278 g/mol. The number of anilines is 1. The molecule has 6 nitrogen and oxygen atoms in total. The first-order chi connectivity index (χ1) is 9.65. The van der Waals surface area contributed by atoms with Crippen LogP contribution in [0.4, 0.5) is 5.69 Å². The summed E-state index contributed by atoms with van der Waals surface area (Å²) in [6.07, 6.45) is 1.96. The van der Waals surface area contributed by atoms with Gasteiger partial charge in [0.1, 0.15) is 0 Å². The van der Waals surface area contributed by atoms with Crippen molar-refractivity contribution in [3.05, 3.63) is 17.7 Å². The summed E-state index contributed by atoms with van der Waals surface area (Å²) in [5.74, 6) is 0.584. The molecule has 0 aliphatic carbocycles. The number of rotatable bonds is 2. The molecular weight excluding hydrogens is 260 g/mol. The van der Waals surface area contributed by atoms with Crippen molar-refractivity contribution in [1.82, 2.24) is 5.32 Å². The molecule has 0 spiro atoms. The van der Waals surface area contributed by atoms with Crippen LogP contribution in [-0.2, 0) is 4.79 Å². The minimum atomic E-state index is -0.233. The normalized spacial score (nSPS) is 15.7. The molecule has 108 valence electrons. The van der Waals surface area contributed by atoms with Crippen LogP contribution < -0.4 is 20.1 Å². The van der Waals surface area contributed by atoms with Gasteiger partial charge < -0.3 is 20.1 Å². The summed E-state index contributed by atoms with van der Waals surface area (Å²) < 4.78 is 10.4. The fraction of sp³-hybridized carbons (Fsp3) is 0.429. The van der Waals surface area contributed by atoms with Crippen molar-refractivity contribution in [3.8, 4) is 11.5 Å². The van der Waals surface area contributed by atoms with Crippen molar-refractivity contribution in [3.63, 3.8) is 0 Å². The van der Waals surface area contributed by atoms with Gasteiger partial charge in [-0.15, -0.1) is 0 Å². The van der Waals surface area contributed by atoms with E-state index in [4.69, 9.17) is 9.47 Å². The van der Waals surface area contributed by atoms with Crippen LogP contribution in [0.1, 0.15) is 29.6 Å². The van der Waals surface area contributed by atoms with E-state index in [1.54, 1.807) is 12.1 Å². The highest BCUT2D eigenvalue weighted by molar-refractivity contribution is 6.04. The van der Waals surface area contributed by atoms with Crippen LogP contribution in [0.5, 0.6) is 11.5 Å². The Morgan fingerprint density at radius 1 is 1.05 bits per heavy atom. The molecule has 0 unspecified atom stereocenters. The third kappa shape index (κ3) is 3.01. The molecule has 0 bridgehead atoms. The van der Waals surface area contributed by atoms with Crippen molar-refractivity contribution in [2.24, 2.45) is 0 Å². The van der Waals surface area contributed by atoms with E-state index in [9.17, 15) is 9.59 Å². The molecule has 0 aromatic heterocycles. The van der Waals surface area contributed by atoms with Crippen LogP contribution in [0.2, 0.25) is 0 Å². The van der Waals surface area contributed by atoms with Gasteiger partial charge >= 0.3 is 0 Å². The van der Waals surface area contributed by atoms with E-state index < -0.39 is 0 Å². The van der Waals surface area contributed by atoms with E-state index in [0.29, 0.717) is 35.7 Å². The molecule has 1 aromatic rings. The molecule has 2 rings (SSSR count). The highest BCUT2D eigenvalue weighted by Crippen LogP contribution is 2.33. The van der Waals surface area contributed by atoms with Crippen molar-refractivity contribution in [2.45, 2.75) is 19.3 Å². The van der Waals surface area contributed by atoms with Crippen molar-refractivity contribution < 1.29 is 19.1 Å². The van der Waals surface area contributed by atoms with E-state index in [-0.39, 0.29) is 11.8 Å². The fourth-order valence-corrected chi connectivity index (χ4v) is 2.09. The Kier molecular flexibility index (Phi) is 4.45. The summed E-state index contributed by atoms with van der Waals surface area (Å²) in [6, 6.07) is 3.18. The lowest BCUT2D eigenvalue weighted by Crippen LogP contribution is -2.27. The highest BCUT2D eigenvalue weighted by atomic mass is 16.5. The lowest BCUT2D eigenvalue weighted by molar-refractivity contribution is -0.116. The maximum absolute atomic E-state index is 12.1. The van der Waals surface area contributed by atoms with Crippen molar-refractivity contribution in [2.75, 3.05) is 26.1 Å². The molecule has 0 saturated carbocycles. The van der Waals surface area contributed by atoms with E-state index in [2.05, 4.69) is 10.6 Å². The largest absolute Gasteiger partial charge is 0.493 e. The van der Waals surface area contributed by atoms with Crippen LogP contribution in [0.25, 0.3) is 0 Å². The lowest BCUT2D eigenvalue weighted by atomic mass is 10.1. The third-order valence-corrected chi connectivity index (χ3v) is 3.16. The molecule has 1 heterocycles. The number of benzene rings is 1. The van der Waals surface area contributed by atoms with Crippen LogP contribution in [-0.4, -0.2) is 32.6 Å². The van der Waals surface area contributed by atoms with E-state index in [1.807, 2.05) is 0 Å². The minimum Gasteiger partial charge on any atom is -0.493 e. The molecule has 1 aliphatic rings. The van der Waals surface area contributed by atoms with E-state index in [1.165, 1.54) is 14.2 Å². The fourth-order valence-electron chi connectivity index (χ4n) is 2.09. The third-order valence-electron chi connectivity index (χ3n) is 3.16. The average Bonchev–Trinajstić information content (AvgIpc) is 2.45. The predicted octanol–water partition coefficient (Wildman–Crippen LogP) is 1.56. The molecule has 20 heavy (non-hydrogen) atoms. The van der Waals surface area contributed by atoms with Crippen LogP contribution in [0.3, 0.4) is 0 Å². The van der Waals surface area contributed by atoms with Crippen LogP contribution in [0.15, 0.2) is 12.1 Å². The van der Waals surface area contributed by atoms with E-state index >= 15 is 0 Å². The second-order valence-electron chi connectivity index (χ2n) is 4.51. The number of nitrogens with one attached hydrogen (secondary N) is 2. The van der Waals surface area contributed by atoms with Gasteiger partial charge in [0.2, 0.25) is 5.91 Å². The quantitative estimate of drug-likeness (QED) is 0.860. The molecule has 6 heteroatoms. The standard InChI is InChI=1S/C14H18N2O4/c1-19-11-7-9-10(8-12(11)20-2)16-13(17)5-3-4-6-15-14(9)18/h7-8H,3-6H2,1-2H3,(H,15,18)(H,16,17). The maximum Gasteiger partial charge on any atom is 0.253 e. The lowest BCUT2D eigenvalue weighted by Gasteiger charge is -2.17. The molecule has 1 aliphatic heterocycles. The number of amides is 2. The smallest absolute Gasteiger partial charge is 0.253 e. The van der Waals surface area contributed by atoms with Gasteiger partial charge in [0.15, 0.2) is 11.5 Å². The number of hydrogen-bond donors (Lipinski definition) is 2. The van der Waals surface area contributed by atoms with Gasteiger partial charge in [0.05, 0.1) is 25.5 Å². The minimum absolute atomic E-state index is 0.104. The molecule has 0 atom stereocenters. The Morgan fingerprint density at radius 3 is 2.45 bits per heavy atom. The predicted molar refractivity (Wildman–Crippen MR) is 74.4 cm³/mol. The Balaban J connectivity index is 2.46. The first-order valence-corrected chi connectivity index (χ1v) is 6.49. The Labute approximate surface area is 117 Å². The summed E-state index contributed by atoms with van der Waals surface area (Å²) in [6.45, 7) is 0.555. The monoisotopic (exact) mass is 278 g/mol. The molecule has 2 amide bonds. The van der Waals surface area contributed by atoms with Gasteiger partial charge in [-0.05, 0) is 18.9 Å². The summed E-state index contributed by atoms with van der Waals surface area (Å²) >= 11 is 0. The SMILES string of the molecule is COc1cc2c(cc1OC)C(=O)NCCCCC(=O)N2. The zero-order chi connectivity index (χ0) is 14.5. The molecule has 2 N–H and O–H groups in total. The maximum atomic E-state index is 12.1. The van der Waals surface area contributed by atoms with Crippen molar-refractivity contribution in [1.29, 1.82) is 0 Å². The Hall–Kier alpha value is -2.24. The zero-order valence-corrected chi connectivity index (χ0v) is 11.6. The molecule has 0 saturated heterocycles. The number of fused-ring (bicyclic) bond motifs is 1. The van der Waals surface area contributed by atoms with E-state index in [0.717, 1.165) is 12.8 Å². The summed E-state index contributed by atoms with van der Waals surface area (Å²) in [5.41, 5.74) is 0.810. The second kappa shape index (κ2) is 6.27. The van der Waals surface area contributed by atoms with Crippen LogP contribution in [0, 0.1) is 0 Å². The number of carbonyl (C=O) groups excluding carboxylic acids is 2. The number of methoxy groups -OCH3 is 2. The second-order valence-corrected chi connectivity index (χ2v) is 4.51. The highest BCUT2D eigenvalue weighted by Gasteiger charge is 2.19. The van der Waals surface area contributed by atoms with Crippen LogP contribution >= 0.6 is 0 Å². The number of ether oxygens (including phenoxy) is 2. The topological polar surface area (TPSA) is 76.7 Å². The summed E-state index contributed by atoms with van der Waals surface area (Å²) in [7, 11) is 3.01. The molecule has 0 radical (unpaired) electrons. The number of hydrogen-bond acceptors (Lipinski definition) is 4. The van der Waals surface area contributed by atoms with Gasteiger partial charge in [0.25, 0.3) is 5.91 Å². The molecule has 1 aromatic carbocycles. The summed E-state index contributed by atoms with van der Waals surface area (Å²) in [5, 5.41) is 5.58. The zero-order valence-electron chi connectivity index (χ0n) is 11.6. The van der Waals surface area contributed by atoms with Crippen molar-refractivity contribution >= 4 is 17.5 Å². The van der Waals surface area contributed by atoms with Gasteiger partial charge in [-0.3, -0.25) is 9.59 Å². The van der Waals surface area contributed by atoms with Gasteiger partial charge in [-0.1, -0.05) is 0 Å². The Bertz CT molecular complexity index is 528. The van der Waals surface area contributed by atoms with Gasteiger partial charge in [-0.2, -0.15) is 0 Å². The first kappa shape index (κ1) is 14.2. The first-order valence-electron chi connectivity index (χ1n) is 6.49.